The third-order valence-electron chi connectivity index (χ3n) is 8.10. The highest BCUT2D eigenvalue weighted by Crippen LogP contribution is 2.41. The Kier molecular flexibility index (Phi) is 6.57. The maximum absolute atomic E-state index is 6.33. The van der Waals surface area contributed by atoms with Crippen LogP contribution in [-0.2, 0) is 4.74 Å². The Labute approximate surface area is 220 Å². The molecule has 2 heterocycles. The predicted octanol–water partition coefficient (Wildman–Crippen LogP) is 6.57. The summed E-state index contributed by atoms with van der Waals surface area (Å²) >= 11 is 2.05. The molecule has 36 heavy (non-hydrogen) atoms. The number of allylic oxidation sites excluding steroid dienone is 10. The monoisotopic (exact) mass is 497 g/mol. The molecule has 2 aliphatic heterocycles. The molecule has 0 amide bonds. The van der Waals surface area contributed by atoms with Crippen LogP contribution in [0.3, 0.4) is 0 Å². The van der Waals surface area contributed by atoms with Crippen molar-refractivity contribution in [2.75, 3.05) is 13.6 Å². The van der Waals surface area contributed by atoms with E-state index < -0.39 is 0 Å². The lowest BCUT2D eigenvalue weighted by atomic mass is 9.81. The van der Waals surface area contributed by atoms with Crippen LogP contribution in [0, 0.1) is 5.92 Å². The molecule has 3 nitrogen and oxygen atoms in total. The number of hydrogen-bond donors (Lipinski definition) is 1. The normalized spacial score (nSPS) is 31.8. The molecule has 3 aliphatic carbocycles. The first-order valence-corrected chi connectivity index (χ1v) is 14.4. The van der Waals surface area contributed by atoms with Crippen LogP contribution < -0.4 is 4.90 Å². The van der Waals surface area contributed by atoms with E-state index in [1.165, 1.54) is 40.2 Å². The minimum absolute atomic E-state index is 0.462. The highest BCUT2D eigenvalue weighted by atomic mass is 32.2. The van der Waals surface area contributed by atoms with Crippen LogP contribution in [0.1, 0.15) is 57.4 Å². The second-order valence-electron chi connectivity index (χ2n) is 10.7. The number of ether oxygens (including phenoxy) is 1. The van der Waals surface area contributed by atoms with Gasteiger partial charge in [-0.3, -0.25) is 4.90 Å². The Morgan fingerprint density at radius 3 is 2.83 bits per heavy atom. The van der Waals surface area contributed by atoms with Crippen molar-refractivity contribution < 1.29 is 9.64 Å². The van der Waals surface area contributed by atoms with Gasteiger partial charge in [-0.1, -0.05) is 67.2 Å². The largest absolute Gasteiger partial charge is 0.439 e. The first kappa shape index (κ1) is 23.7. The summed E-state index contributed by atoms with van der Waals surface area (Å²) < 4.78 is 6.33. The summed E-state index contributed by atoms with van der Waals surface area (Å²) in [6.45, 7) is 5.73. The van der Waals surface area contributed by atoms with Crippen molar-refractivity contribution >= 4 is 11.8 Å². The number of hydrogen-bond acceptors (Lipinski definition) is 3. The smallest absolute Gasteiger partial charge is 0.200 e. The average Bonchev–Trinajstić information content (AvgIpc) is 3.40. The van der Waals surface area contributed by atoms with Gasteiger partial charge in [0.1, 0.15) is 11.5 Å². The second kappa shape index (κ2) is 9.99. The van der Waals surface area contributed by atoms with Crippen molar-refractivity contribution in [1.29, 1.82) is 0 Å². The molecule has 1 N–H and O–H groups in total. The number of thioether (sulfide) groups is 1. The molecule has 4 heteroatoms. The van der Waals surface area contributed by atoms with Crippen LogP contribution >= 0.6 is 11.8 Å². The molecule has 0 saturated heterocycles. The van der Waals surface area contributed by atoms with Gasteiger partial charge in [0.15, 0.2) is 11.3 Å². The zero-order valence-electron chi connectivity index (χ0n) is 21.7. The fraction of sp³-hybridized carbons (Fsp3) is 0.375. The number of nitrogens with one attached hydrogen (secondary N) is 1. The molecule has 0 aromatic heterocycles. The fourth-order valence-corrected chi connectivity index (χ4v) is 7.70. The van der Waals surface area contributed by atoms with Crippen molar-refractivity contribution in [3.05, 3.63) is 118 Å². The summed E-state index contributed by atoms with van der Waals surface area (Å²) in [5.74, 6) is 3.02. The SMILES string of the molecule is CC[NH+]1C2=C(C=CCC2)SC1/C=C1C=C(/C=C2\OC3=C(CC(C)C=C3)N2C)CC(c2ccccc2)C/1. The highest BCUT2D eigenvalue weighted by molar-refractivity contribution is 8.04. The summed E-state index contributed by atoms with van der Waals surface area (Å²) in [5, 5.41) is 0.462. The van der Waals surface area contributed by atoms with E-state index in [9.17, 15) is 0 Å². The Bertz CT molecular complexity index is 1250. The minimum atomic E-state index is 0.462. The number of quaternary nitrogens is 1. The van der Waals surface area contributed by atoms with Gasteiger partial charge in [-0.05, 0) is 79.4 Å². The first-order valence-electron chi connectivity index (χ1n) is 13.5. The van der Waals surface area contributed by atoms with E-state index in [2.05, 4.69) is 110 Å². The molecule has 186 valence electrons. The number of likely N-dealkylation sites (N-methyl/N-ethyl adjacent to an activating group) is 1. The predicted molar refractivity (Wildman–Crippen MR) is 150 cm³/mol. The summed E-state index contributed by atoms with van der Waals surface area (Å²) in [6.07, 6.45) is 22.0. The van der Waals surface area contributed by atoms with Gasteiger partial charge in [0.05, 0.1) is 17.1 Å². The van der Waals surface area contributed by atoms with Crippen LogP contribution in [0.15, 0.2) is 112 Å². The molecule has 4 unspecified atom stereocenters. The molecule has 0 fully saturated rings. The van der Waals surface area contributed by atoms with Gasteiger partial charge in [-0.25, -0.2) is 0 Å². The van der Waals surface area contributed by atoms with Crippen molar-refractivity contribution in [3.8, 4) is 0 Å². The van der Waals surface area contributed by atoms with Crippen molar-refractivity contribution in [2.45, 2.75) is 57.2 Å². The highest BCUT2D eigenvalue weighted by Gasteiger charge is 2.36. The zero-order chi connectivity index (χ0) is 24.6. The molecule has 4 atom stereocenters. The quantitative estimate of drug-likeness (QED) is 0.507. The van der Waals surface area contributed by atoms with Gasteiger partial charge < -0.3 is 9.64 Å². The fourth-order valence-electron chi connectivity index (χ4n) is 6.18. The standard InChI is InChI=1S/C32H36N2OS/c1-4-34-27-12-8-9-13-30(27)36-32(34)21-24-17-23(18-26(19-24)25-10-6-5-7-11-25)20-31-33(3)28-16-22(2)14-15-29(28)35-31/h5-7,9-11,13-15,17,20-22,26,32H,4,8,12,16,18-19H2,1-3H3/p+1/b24-21-,31-20-. The maximum Gasteiger partial charge on any atom is 0.200 e. The molecule has 5 aliphatic rings. The van der Waals surface area contributed by atoms with E-state index in [1.807, 2.05) is 0 Å². The number of nitrogens with zero attached hydrogens (tertiary/aromatic N) is 1. The van der Waals surface area contributed by atoms with Gasteiger partial charge in [0.2, 0.25) is 0 Å². The van der Waals surface area contributed by atoms with Crippen molar-refractivity contribution in [1.82, 2.24) is 4.90 Å². The van der Waals surface area contributed by atoms with E-state index in [4.69, 9.17) is 4.74 Å². The Morgan fingerprint density at radius 2 is 2.00 bits per heavy atom. The third-order valence-corrected chi connectivity index (χ3v) is 9.41. The molecule has 0 spiro atoms. The van der Waals surface area contributed by atoms with Crippen LogP contribution in [0.5, 0.6) is 0 Å². The molecule has 0 saturated carbocycles. The van der Waals surface area contributed by atoms with E-state index in [0.717, 1.165) is 37.4 Å². The zero-order valence-corrected chi connectivity index (χ0v) is 22.5. The van der Waals surface area contributed by atoms with Crippen LogP contribution in [0.25, 0.3) is 0 Å². The first-order chi connectivity index (χ1) is 17.6. The van der Waals surface area contributed by atoms with E-state index in [0.29, 0.717) is 17.2 Å². The molecule has 0 radical (unpaired) electrons. The molecular weight excluding hydrogens is 460 g/mol. The maximum atomic E-state index is 6.33. The molecule has 0 bridgehead atoms. The third kappa shape index (κ3) is 4.57. The Hall–Kier alpha value is -2.69. The van der Waals surface area contributed by atoms with Gasteiger partial charge in [0, 0.05) is 19.5 Å². The number of rotatable bonds is 4. The van der Waals surface area contributed by atoms with E-state index >= 15 is 0 Å². The van der Waals surface area contributed by atoms with Gasteiger partial charge in [0.25, 0.3) is 0 Å². The second-order valence-corrected chi connectivity index (χ2v) is 11.9. The van der Waals surface area contributed by atoms with Gasteiger partial charge in [-0.15, -0.1) is 0 Å². The lowest BCUT2D eigenvalue weighted by Crippen LogP contribution is -3.11. The summed E-state index contributed by atoms with van der Waals surface area (Å²) in [4.78, 5) is 5.39. The van der Waals surface area contributed by atoms with Crippen molar-refractivity contribution in [3.63, 3.8) is 0 Å². The summed E-state index contributed by atoms with van der Waals surface area (Å²) in [6, 6.07) is 11.1. The Morgan fingerprint density at radius 1 is 1.14 bits per heavy atom. The van der Waals surface area contributed by atoms with E-state index in [-0.39, 0.29) is 0 Å². The van der Waals surface area contributed by atoms with Crippen LogP contribution in [-0.4, -0.2) is 23.9 Å². The lowest BCUT2D eigenvalue weighted by molar-refractivity contribution is -0.862. The average molecular weight is 498 g/mol. The lowest BCUT2D eigenvalue weighted by Gasteiger charge is -2.26. The van der Waals surface area contributed by atoms with Crippen molar-refractivity contribution in [2.24, 2.45) is 5.92 Å². The van der Waals surface area contributed by atoms with Crippen LogP contribution in [0.4, 0.5) is 0 Å². The molecule has 1 aromatic carbocycles. The Balaban J connectivity index is 1.31. The van der Waals surface area contributed by atoms with Gasteiger partial charge >= 0.3 is 0 Å². The molecule has 1 aromatic rings. The molecular formula is C32H37N2OS+. The summed E-state index contributed by atoms with van der Waals surface area (Å²) in [7, 11) is 2.15. The molecule has 6 rings (SSSR count). The van der Waals surface area contributed by atoms with Crippen LogP contribution in [0.2, 0.25) is 0 Å². The summed E-state index contributed by atoms with van der Waals surface area (Å²) in [5.41, 5.74) is 7.17. The number of benzene rings is 1. The van der Waals surface area contributed by atoms with E-state index in [1.54, 1.807) is 10.6 Å². The minimum Gasteiger partial charge on any atom is -0.439 e. The topological polar surface area (TPSA) is 16.9 Å². The van der Waals surface area contributed by atoms with Gasteiger partial charge in [-0.2, -0.15) is 0 Å².